The number of rotatable bonds is 7. The van der Waals surface area contributed by atoms with Crippen molar-refractivity contribution in [1.82, 2.24) is 9.78 Å². The van der Waals surface area contributed by atoms with E-state index >= 15 is 0 Å². The summed E-state index contributed by atoms with van der Waals surface area (Å²) in [7, 11) is 0. The number of nitrogens with two attached hydrogens (primary N) is 1. The van der Waals surface area contributed by atoms with Crippen LogP contribution in [0.4, 0.5) is 0 Å². The number of nitrogens with zero attached hydrogens (tertiary/aromatic N) is 2. The van der Waals surface area contributed by atoms with E-state index in [1.807, 2.05) is 0 Å². The predicted molar refractivity (Wildman–Crippen MR) is 76.2 cm³/mol. The highest BCUT2D eigenvalue weighted by Gasteiger charge is 2.13. The van der Waals surface area contributed by atoms with Gasteiger partial charge in [-0.05, 0) is 55.0 Å². The highest BCUT2D eigenvalue weighted by atomic mass is 79.9. The highest BCUT2D eigenvalue weighted by Crippen LogP contribution is 2.24. The van der Waals surface area contributed by atoms with Crippen LogP contribution in [0.15, 0.2) is 4.47 Å². The monoisotopic (exact) mass is 301 g/mol. The van der Waals surface area contributed by atoms with Gasteiger partial charge in [-0.25, -0.2) is 0 Å². The van der Waals surface area contributed by atoms with E-state index in [2.05, 4.69) is 46.5 Å². The summed E-state index contributed by atoms with van der Waals surface area (Å²) in [5.74, 6) is 0. The van der Waals surface area contributed by atoms with Crippen molar-refractivity contribution in [2.24, 2.45) is 5.73 Å². The summed E-state index contributed by atoms with van der Waals surface area (Å²) in [6, 6.07) is 0.345. The molecule has 0 amide bonds. The van der Waals surface area contributed by atoms with E-state index in [9.17, 15) is 0 Å². The maximum atomic E-state index is 5.94. The maximum absolute atomic E-state index is 5.94. The van der Waals surface area contributed by atoms with Gasteiger partial charge in [0.2, 0.25) is 0 Å². The van der Waals surface area contributed by atoms with Crippen LogP contribution in [0.1, 0.15) is 51.4 Å². The minimum atomic E-state index is 0.345. The minimum absolute atomic E-state index is 0.345. The second kappa shape index (κ2) is 7.17. The van der Waals surface area contributed by atoms with Crippen LogP contribution in [0, 0.1) is 0 Å². The zero-order chi connectivity index (χ0) is 12.8. The molecule has 1 atom stereocenters. The second-order valence-corrected chi connectivity index (χ2v) is 5.23. The van der Waals surface area contributed by atoms with Crippen LogP contribution >= 0.6 is 15.9 Å². The van der Waals surface area contributed by atoms with Crippen LogP contribution in [0.2, 0.25) is 0 Å². The molecule has 0 saturated heterocycles. The third-order valence-corrected chi connectivity index (χ3v) is 4.12. The Bertz CT molecular complexity index is 347. The highest BCUT2D eigenvalue weighted by molar-refractivity contribution is 9.10. The quantitative estimate of drug-likeness (QED) is 0.840. The fourth-order valence-electron chi connectivity index (χ4n) is 1.99. The summed E-state index contributed by atoms with van der Waals surface area (Å²) in [5, 5.41) is 4.60. The zero-order valence-electron chi connectivity index (χ0n) is 11.2. The first-order valence-corrected chi connectivity index (χ1v) is 7.42. The van der Waals surface area contributed by atoms with Crippen LogP contribution in [0.3, 0.4) is 0 Å². The summed E-state index contributed by atoms with van der Waals surface area (Å²) in [5.41, 5.74) is 8.44. The third kappa shape index (κ3) is 3.81. The summed E-state index contributed by atoms with van der Waals surface area (Å²) < 4.78 is 3.31. The summed E-state index contributed by atoms with van der Waals surface area (Å²) in [6.07, 6.45) is 5.35. The van der Waals surface area contributed by atoms with E-state index in [4.69, 9.17) is 5.73 Å². The van der Waals surface area contributed by atoms with Gasteiger partial charge in [0.25, 0.3) is 0 Å². The number of halogens is 1. The molecule has 0 bridgehead atoms. The molecule has 0 saturated carbocycles. The van der Waals surface area contributed by atoms with E-state index in [0.29, 0.717) is 6.04 Å². The average molecular weight is 302 g/mol. The molecule has 4 heteroatoms. The van der Waals surface area contributed by atoms with Crippen molar-refractivity contribution >= 4 is 15.9 Å². The van der Waals surface area contributed by atoms with Crippen molar-refractivity contribution < 1.29 is 0 Å². The fraction of sp³-hybridized carbons (Fsp3) is 0.769. The van der Waals surface area contributed by atoms with Crippen molar-refractivity contribution in [1.29, 1.82) is 0 Å². The lowest BCUT2D eigenvalue weighted by Gasteiger charge is -2.09. The van der Waals surface area contributed by atoms with Gasteiger partial charge < -0.3 is 5.73 Å². The molecule has 17 heavy (non-hydrogen) atoms. The van der Waals surface area contributed by atoms with Gasteiger partial charge >= 0.3 is 0 Å². The van der Waals surface area contributed by atoms with Crippen molar-refractivity contribution in [2.45, 2.75) is 65.5 Å². The Labute approximate surface area is 113 Å². The molecular formula is C13H24BrN3. The van der Waals surface area contributed by atoms with Gasteiger partial charge in [-0.2, -0.15) is 5.10 Å². The Morgan fingerprint density at radius 1 is 1.35 bits per heavy atom. The molecule has 98 valence electrons. The van der Waals surface area contributed by atoms with Crippen LogP contribution in [0.5, 0.6) is 0 Å². The van der Waals surface area contributed by atoms with Crippen molar-refractivity contribution in [3.8, 4) is 0 Å². The summed E-state index contributed by atoms with van der Waals surface area (Å²) in [6.45, 7) is 7.36. The number of aromatic nitrogens is 2. The first-order chi connectivity index (χ1) is 8.13. The van der Waals surface area contributed by atoms with Gasteiger partial charge in [0, 0.05) is 12.6 Å². The van der Waals surface area contributed by atoms with Crippen molar-refractivity contribution in [3.63, 3.8) is 0 Å². The first kappa shape index (κ1) is 14.7. The van der Waals surface area contributed by atoms with Gasteiger partial charge in [0.05, 0.1) is 15.9 Å². The van der Waals surface area contributed by atoms with Crippen molar-refractivity contribution in [3.05, 3.63) is 15.9 Å². The van der Waals surface area contributed by atoms with Crippen LogP contribution in [-0.2, 0) is 19.4 Å². The lowest BCUT2D eigenvalue weighted by atomic mass is 10.1. The van der Waals surface area contributed by atoms with E-state index in [-0.39, 0.29) is 0 Å². The molecule has 0 spiro atoms. The molecule has 1 rings (SSSR count). The Balaban J connectivity index is 2.66. The molecule has 0 aliphatic carbocycles. The minimum Gasteiger partial charge on any atom is -0.328 e. The standard InChI is InChI=1S/C13H24BrN3/c1-4-10(15)8-7-9-12-13(14)11(5-2)16-17(12)6-3/h10H,4-9,15H2,1-3H3. The van der Waals surface area contributed by atoms with Gasteiger partial charge in [0.1, 0.15) is 0 Å². The Hall–Kier alpha value is -0.350. The van der Waals surface area contributed by atoms with Gasteiger partial charge in [-0.1, -0.05) is 13.8 Å². The fourth-order valence-corrected chi connectivity index (χ4v) is 2.75. The van der Waals surface area contributed by atoms with Gasteiger partial charge in [-0.15, -0.1) is 0 Å². The molecule has 1 aromatic heterocycles. The molecular weight excluding hydrogens is 278 g/mol. The molecule has 0 aliphatic heterocycles. The average Bonchev–Trinajstić information content (AvgIpc) is 2.65. The molecule has 3 nitrogen and oxygen atoms in total. The molecule has 0 aromatic carbocycles. The predicted octanol–water partition coefficient (Wildman–Crippen LogP) is 3.29. The molecule has 1 aromatic rings. The van der Waals surface area contributed by atoms with Crippen molar-refractivity contribution in [2.75, 3.05) is 0 Å². The molecule has 2 N–H and O–H groups in total. The summed E-state index contributed by atoms with van der Waals surface area (Å²) in [4.78, 5) is 0. The molecule has 1 heterocycles. The smallest absolute Gasteiger partial charge is 0.0766 e. The van der Waals surface area contributed by atoms with Crippen LogP contribution in [0.25, 0.3) is 0 Å². The number of hydrogen-bond acceptors (Lipinski definition) is 2. The Morgan fingerprint density at radius 2 is 2.06 bits per heavy atom. The first-order valence-electron chi connectivity index (χ1n) is 6.63. The van der Waals surface area contributed by atoms with E-state index < -0.39 is 0 Å². The molecule has 1 unspecified atom stereocenters. The van der Waals surface area contributed by atoms with E-state index in [1.54, 1.807) is 0 Å². The third-order valence-electron chi connectivity index (χ3n) is 3.21. The van der Waals surface area contributed by atoms with Gasteiger partial charge in [0.15, 0.2) is 0 Å². The lowest BCUT2D eigenvalue weighted by Crippen LogP contribution is -2.18. The Kier molecular flexibility index (Phi) is 6.20. The van der Waals surface area contributed by atoms with Crippen LogP contribution < -0.4 is 5.73 Å². The normalized spacial score (nSPS) is 13.0. The zero-order valence-corrected chi connectivity index (χ0v) is 12.8. The van der Waals surface area contributed by atoms with E-state index in [0.717, 1.165) is 38.6 Å². The molecule has 0 radical (unpaired) electrons. The molecule has 0 fully saturated rings. The van der Waals surface area contributed by atoms with E-state index in [1.165, 1.54) is 15.9 Å². The summed E-state index contributed by atoms with van der Waals surface area (Å²) >= 11 is 3.67. The maximum Gasteiger partial charge on any atom is 0.0766 e. The second-order valence-electron chi connectivity index (χ2n) is 4.44. The largest absolute Gasteiger partial charge is 0.328 e. The van der Waals surface area contributed by atoms with Crippen LogP contribution in [-0.4, -0.2) is 15.8 Å². The number of hydrogen-bond donors (Lipinski definition) is 1. The lowest BCUT2D eigenvalue weighted by molar-refractivity contribution is 0.545. The SMILES string of the molecule is CCc1nn(CC)c(CCCC(N)CC)c1Br. The Morgan fingerprint density at radius 3 is 2.59 bits per heavy atom. The topological polar surface area (TPSA) is 43.8 Å². The van der Waals surface area contributed by atoms with Gasteiger partial charge in [-0.3, -0.25) is 4.68 Å². The number of aryl methyl sites for hydroxylation is 2. The molecule has 0 aliphatic rings.